The van der Waals surface area contributed by atoms with E-state index in [9.17, 15) is 0 Å². The van der Waals surface area contributed by atoms with Crippen LogP contribution in [-0.4, -0.2) is 49.4 Å². The van der Waals surface area contributed by atoms with Crippen LogP contribution >= 0.6 is 11.8 Å². The van der Waals surface area contributed by atoms with Gasteiger partial charge in [0, 0.05) is 4.90 Å². The van der Waals surface area contributed by atoms with E-state index in [4.69, 9.17) is 4.74 Å². The van der Waals surface area contributed by atoms with Gasteiger partial charge in [0.1, 0.15) is 5.75 Å². The van der Waals surface area contributed by atoms with Gasteiger partial charge in [0.25, 0.3) is 0 Å². The lowest BCUT2D eigenvalue weighted by Gasteiger charge is -2.11. The lowest BCUT2D eigenvalue weighted by Crippen LogP contribution is -2.26. The number of nitrogens with zero attached hydrogens (tertiary/aromatic N) is 2. The SMILES string of the molecule is CCOc1cccc(SC(N(C)C)=[N+](C)C)c1. The molecule has 0 aliphatic carbocycles. The number of thioether (sulfide) groups is 1. The standard InChI is InChI=1S/C13H21N2OS/c1-6-16-11-8-7-9-12(10-11)17-13(14(2)3)15(4)5/h7-10H,6H2,1-5H3/q+1. The summed E-state index contributed by atoms with van der Waals surface area (Å²) in [7, 11) is 8.20. The Morgan fingerprint density at radius 2 is 2.06 bits per heavy atom. The van der Waals surface area contributed by atoms with Crippen molar-refractivity contribution in [1.82, 2.24) is 4.90 Å². The third-order valence-corrected chi connectivity index (χ3v) is 3.49. The van der Waals surface area contributed by atoms with Crippen molar-refractivity contribution in [2.24, 2.45) is 0 Å². The Morgan fingerprint density at radius 1 is 1.35 bits per heavy atom. The van der Waals surface area contributed by atoms with Crippen LogP contribution in [0.1, 0.15) is 6.92 Å². The Hall–Kier alpha value is -1.16. The molecule has 1 aromatic rings. The summed E-state index contributed by atoms with van der Waals surface area (Å²) in [5.41, 5.74) is 0. The molecule has 1 aromatic carbocycles. The van der Waals surface area contributed by atoms with Gasteiger partial charge in [-0.05, 0) is 36.9 Å². The van der Waals surface area contributed by atoms with E-state index in [1.54, 1.807) is 11.8 Å². The molecular weight excluding hydrogens is 232 g/mol. The number of hydrogen-bond acceptors (Lipinski definition) is 2. The van der Waals surface area contributed by atoms with Gasteiger partial charge in [0.15, 0.2) is 0 Å². The average Bonchev–Trinajstić information content (AvgIpc) is 2.26. The summed E-state index contributed by atoms with van der Waals surface area (Å²) in [5.74, 6) is 0.925. The Bertz CT molecular complexity index is 398. The van der Waals surface area contributed by atoms with E-state index in [1.165, 1.54) is 10.1 Å². The van der Waals surface area contributed by atoms with Gasteiger partial charge < -0.3 is 4.74 Å². The van der Waals surface area contributed by atoms with Gasteiger partial charge in [-0.3, -0.25) is 9.48 Å². The average molecular weight is 253 g/mol. The number of ether oxygens (including phenoxy) is 1. The minimum Gasteiger partial charge on any atom is -0.494 e. The molecule has 0 aliphatic rings. The van der Waals surface area contributed by atoms with E-state index in [1.807, 2.05) is 19.1 Å². The van der Waals surface area contributed by atoms with E-state index < -0.39 is 0 Å². The fourth-order valence-corrected chi connectivity index (χ4v) is 2.38. The third-order valence-electron chi connectivity index (χ3n) is 2.09. The molecule has 0 bridgehead atoms. The number of rotatable bonds is 3. The highest BCUT2D eigenvalue weighted by molar-refractivity contribution is 8.13. The second kappa shape index (κ2) is 6.55. The monoisotopic (exact) mass is 253 g/mol. The van der Waals surface area contributed by atoms with E-state index in [-0.39, 0.29) is 0 Å². The summed E-state index contributed by atoms with van der Waals surface area (Å²) in [6, 6.07) is 8.18. The van der Waals surface area contributed by atoms with Gasteiger partial charge in [-0.25, -0.2) is 0 Å². The number of benzene rings is 1. The summed E-state index contributed by atoms with van der Waals surface area (Å²) < 4.78 is 7.61. The van der Waals surface area contributed by atoms with E-state index in [2.05, 4.69) is 49.8 Å². The summed E-state index contributed by atoms with van der Waals surface area (Å²) in [6.07, 6.45) is 0. The molecule has 0 aromatic heterocycles. The second-order valence-corrected chi connectivity index (χ2v) is 5.12. The first-order valence-corrected chi connectivity index (χ1v) is 6.48. The normalized spacial score (nSPS) is 9.94. The highest BCUT2D eigenvalue weighted by Crippen LogP contribution is 2.24. The van der Waals surface area contributed by atoms with Crippen LogP contribution in [0.25, 0.3) is 0 Å². The molecule has 4 heteroatoms. The summed E-state index contributed by atoms with van der Waals surface area (Å²) >= 11 is 1.73. The van der Waals surface area contributed by atoms with Crippen LogP contribution < -0.4 is 4.74 Å². The highest BCUT2D eigenvalue weighted by Gasteiger charge is 2.13. The topological polar surface area (TPSA) is 15.5 Å². The molecule has 0 saturated carbocycles. The second-order valence-electron chi connectivity index (χ2n) is 4.08. The molecule has 0 fully saturated rings. The van der Waals surface area contributed by atoms with Gasteiger partial charge in [0.2, 0.25) is 0 Å². The minimum absolute atomic E-state index is 0.700. The van der Waals surface area contributed by atoms with Gasteiger partial charge in [0.05, 0.1) is 34.8 Å². The quantitative estimate of drug-likeness (QED) is 0.356. The van der Waals surface area contributed by atoms with Crippen molar-refractivity contribution in [2.75, 3.05) is 34.8 Å². The van der Waals surface area contributed by atoms with Gasteiger partial charge in [-0.2, -0.15) is 0 Å². The summed E-state index contributed by atoms with van der Waals surface area (Å²) in [5, 5.41) is 1.19. The largest absolute Gasteiger partial charge is 0.494 e. The fourth-order valence-electron chi connectivity index (χ4n) is 1.48. The maximum atomic E-state index is 5.50. The summed E-state index contributed by atoms with van der Waals surface area (Å²) in [6.45, 7) is 2.70. The van der Waals surface area contributed by atoms with Crippen molar-refractivity contribution in [3.8, 4) is 5.75 Å². The van der Waals surface area contributed by atoms with Gasteiger partial charge >= 0.3 is 5.17 Å². The lowest BCUT2D eigenvalue weighted by atomic mass is 10.3. The zero-order valence-corrected chi connectivity index (χ0v) is 12.0. The smallest absolute Gasteiger partial charge is 0.312 e. The zero-order valence-electron chi connectivity index (χ0n) is 11.2. The van der Waals surface area contributed by atoms with Crippen LogP contribution in [0.15, 0.2) is 29.2 Å². The third kappa shape index (κ3) is 4.30. The predicted octanol–water partition coefficient (Wildman–Crippen LogP) is 2.37. The van der Waals surface area contributed by atoms with Crippen molar-refractivity contribution >= 4 is 16.9 Å². The minimum atomic E-state index is 0.700. The van der Waals surface area contributed by atoms with Crippen molar-refractivity contribution in [3.63, 3.8) is 0 Å². The lowest BCUT2D eigenvalue weighted by molar-refractivity contribution is -0.466. The number of hydrogen-bond donors (Lipinski definition) is 0. The molecular formula is C13H21N2OS+. The van der Waals surface area contributed by atoms with Crippen molar-refractivity contribution < 1.29 is 9.31 Å². The van der Waals surface area contributed by atoms with E-state index in [0.29, 0.717) is 6.61 Å². The molecule has 0 radical (unpaired) electrons. The van der Waals surface area contributed by atoms with Crippen molar-refractivity contribution in [1.29, 1.82) is 0 Å². The molecule has 0 unspecified atom stereocenters. The van der Waals surface area contributed by atoms with Crippen molar-refractivity contribution in [2.45, 2.75) is 11.8 Å². The number of amidine groups is 1. The Balaban J connectivity index is 2.87. The van der Waals surface area contributed by atoms with Crippen LogP contribution in [0.4, 0.5) is 0 Å². The molecule has 0 N–H and O–H groups in total. The van der Waals surface area contributed by atoms with Crippen LogP contribution in [0.5, 0.6) is 5.75 Å². The van der Waals surface area contributed by atoms with Gasteiger partial charge in [-0.1, -0.05) is 6.07 Å². The van der Waals surface area contributed by atoms with E-state index >= 15 is 0 Å². The first-order chi connectivity index (χ1) is 8.04. The molecule has 0 heterocycles. The first kappa shape index (κ1) is 13.9. The molecule has 3 nitrogen and oxygen atoms in total. The van der Waals surface area contributed by atoms with Crippen LogP contribution in [0.2, 0.25) is 0 Å². The summed E-state index contributed by atoms with van der Waals surface area (Å²) in [4.78, 5) is 3.30. The highest BCUT2D eigenvalue weighted by atomic mass is 32.2. The molecule has 94 valence electrons. The van der Waals surface area contributed by atoms with Gasteiger partial charge in [-0.15, -0.1) is 0 Å². The first-order valence-electron chi connectivity index (χ1n) is 5.67. The molecule has 0 atom stereocenters. The molecule has 0 amide bonds. The molecule has 0 aliphatic heterocycles. The predicted molar refractivity (Wildman–Crippen MR) is 74.3 cm³/mol. The molecule has 0 spiro atoms. The molecule has 17 heavy (non-hydrogen) atoms. The maximum absolute atomic E-state index is 5.50. The van der Waals surface area contributed by atoms with Crippen LogP contribution in [0.3, 0.4) is 0 Å². The van der Waals surface area contributed by atoms with Crippen molar-refractivity contribution in [3.05, 3.63) is 24.3 Å². The zero-order chi connectivity index (χ0) is 12.8. The van der Waals surface area contributed by atoms with E-state index in [0.717, 1.165) is 5.75 Å². The Morgan fingerprint density at radius 3 is 2.59 bits per heavy atom. The Labute approximate surface area is 108 Å². The fraction of sp³-hybridized carbons (Fsp3) is 0.462. The maximum Gasteiger partial charge on any atom is 0.312 e. The molecule has 0 saturated heterocycles. The van der Waals surface area contributed by atoms with Crippen LogP contribution in [-0.2, 0) is 0 Å². The van der Waals surface area contributed by atoms with Crippen LogP contribution in [0, 0.1) is 0 Å². The Kier molecular flexibility index (Phi) is 5.35. The molecule has 1 rings (SSSR count).